The first-order valence-electron chi connectivity index (χ1n) is 20.0. The summed E-state index contributed by atoms with van der Waals surface area (Å²) in [7, 11) is -4.03. The molecular formula is C43H37ClF5N9O4S. The van der Waals surface area contributed by atoms with Crippen LogP contribution in [0.25, 0.3) is 38.9 Å². The van der Waals surface area contributed by atoms with Gasteiger partial charge in [0.25, 0.3) is 12.0 Å². The number of nitrogens with zero attached hydrogens (tertiary/aromatic N) is 7. The average Bonchev–Trinajstić information content (AvgIpc) is 4.17. The Labute approximate surface area is 361 Å². The lowest BCUT2D eigenvalue weighted by molar-refractivity contribution is -0.129. The van der Waals surface area contributed by atoms with Crippen LogP contribution in [0.4, 0.5) is 27.8 Å². The molecule has 2 aliphatic rings. The van der Waals surface area contributed by atoms with Gasteiger partial charge in [0.1, 0.15) is 35.4 Å². The van der Waals surface area contributed by atoms with Crippen LogP contribution < -0.4 is 15.6 Å². The molecule has 7 aromatic rings. The number of alkyl halides is 2. The third-order valence-corrected chi connectivity index (χ3v) is 13.3. The lowest BCUT2D eigenvalue weighted by atomic mass is 10.0. The van der Waals surface area contributed by atoms with Crippen LogP contribution in [0, 0.1) is 17.5 Å². The molecule has 0 radical (unpaired) electrons. The number of aromatic nitrogens is 7. The molecule has 0 saturated heterocycles. The highest BCUT2D eigenvalue weighted by molar-refractivity contribution is 7.93. The fourth-order valence-corrected chi connectivity index (χ4v) is 9.18. The van der Waals surface area contributed by atoms with Crippen LogP contribution in [0.3, 0.4) is 0 Å². The lowest BCUT2D eigenvalue weighted by Gasteiger charge is -2.29. The first-order valence-corrected chi connectivity index (χ1v) is 21.9. The second-order valence-electron chi connectivity index (χ2n) is 16.2. The molecule has 63 heavy (non-hydrogen) atoms. The van der Waals surface area contributed by atoms with E-state index in [1.807, 2.05) is 6.07 Å². The number of halogens is 6. The van der Waals surface area contributed by atoms with Crippen LogP contribution in [0.15, 0.2) is 83.8 Å². The monoisotopic (exact) mass is 905 g/mol. The highest BCUT2D eigenvalue weighted by Gasteiger charge is 2.39. The van der Waals surface area contributed by atoms with Gasteiger partial charge in [-0.2, -0.15) is 10.2 Å². The second-order valence-corrected chi connectivity index (χ2v) is 18.6. The second kappa shape index (κ2) is 15.9. The number of sulfonamides is 1. The predicted molar refractivity (Wildman–Crippen MR) is 225 cm³/mol. The number of fused-ring (bicyclic) bond motifs is 2. The van der Waals surface area contributed by atoms with E-state index in [1.165, 1.54) is 47.1 Å². The number of carbonyl (C=O) groups excluding carboxylic acids is 1. The number of rotatable bonds is 14. The Balaban J connectivity index is 1.30. The standard InChI is InChI=1S/C43H37ClF5N9O4S/c1-43(2,57-16-15-31(53-57)23-7-8-23)42(60)51-33(19-22-17-24(45)20-25(46)18-22)40-52-38-28(11-13-32(50-38)27-5-3-4-6-30(27)47)41(59)58(40)34-14-12-29(44)36-37(34)56(21-35(48)49)54-39(36)55-63(61,62)26-9-10-26/h3-6,11-18,20,23,26,33,35H,7-10,19,21H2,1-2H3,(H,51,60)(H,54,55)/t33-/m0/s1. The molecule has 2 N–H and O–H groups in total. The normalized spacial score (nSPS) is 15.1. The Hall–Kier alpha value is -6.21. The van der Waals surface area contributed by atoms with Gasteiger partial charge in [0.15, 0.2) is 11.5 Å². The molecule has 2 saturated carbocycles. The maximum absolute atomic E-state index is 15.1. The number of benzene rings is 3. The smallest absolute Gasteiger partial charge is 0.267 e. The molecule has 2 fully saturated rings. The number of anilines is 1. The zero-order valence-electron chi connectivity index (χ0n) is 33.5. The van der Waals surface area contributed by atoms with E-state index in [0.717, 1.165) is 39.9 Å². The summed E-state index contributed by atoms with van der Waals surface area (Å²) >= 11 is 6.70. The summed E-state index contributed by atoms with van der Waals surface area (Å²) in [5.74, 6) is -3.55. The summed E-state index contributed by atoms with van der Waals surface area (Å²) in [6, 6.07) is 14.3. The van der Waals surface area contributed by atoms with Gasteiger partial charge in [-0.3, -0.25) is 28.2 Å². The van der Waals surface area contributed by atoms with Crippen molar-refractivity contribution in [3.8, 4) is 16.9 Å². The van der Waals surface area contributed by atoms with Crippen molar-refractivity contribution in [2.75, 3.05) is 4.72 Å². The van der Waals surface area contributed by atoms with Gasteiger partial charge < -0.3 is 5.32 Å². The van der Waals surface area contributed by atoms with E-state index in [9.17, 15) is 30.8 Å². The molecule has 9 rings (SSSR count). The van der Waals surface area contributed by atoms with Crippen molar-refractivity contribution >= 4 is 55.3 Å². The number of pyridine rings is 1. The summed E-state index contributed by atoms with van der Waals surface area (Å²) in [4.78, 5) is 39.1. The first kappa shape index (κ1) is 42.1. The molecule has 3 aromatic carbocycles. The third-order valence-electron chi connectivity index (χ3n) is 11.2. The van der Waals surface area contributed by atoms with E-state index in [2.05, 4.69) is 25.2 Å². The highest BCUT2D eigenvalue weighted by Crippen LogP contribution is 2.40. The van der Waals surface area contributed by atoms with Gasteiger partial charge in [-0.15, -0.1) is 0 Å². The Morgan fingerprint density at radius 2 is 1.67 bits per heavy atom. The summed E-state index contributed by atoms with van der Waals surface area (Å²) in [5.41, 5.74) is -1.87. The SMILES string of the molecule is CC(C)(C(=O)N[C@@H](Cc1cc(F)cc(F)c1)c1nc2nc(-c3ccccc3F)ccc2c(=O)n1-c1ccc(Cl)c2c(NS(=O)(=O)C3CC3)nn(CC(F)F)c12)n1ccc(C2CC2)n1. The van der Waals surface area contributed by atoms with Crippen LogP contribution in [-0.4, -0.2) is 60.1 Å². The van der Waals surface area contributed by atoms with Crippen LogP contribution in [0.5, 0.6) is 0 Å². The summed E-state index contributed by atoms with van der Waals surface area (Å²) in [6.07, 6.45) is 0.892. The minimum atomic E-state index is -4.03. The highest BCUT2D eigenvalue weighted by atomic mass is 35.5. The van der Waals surface area contributed by atoms with E-state index in [4.69, 9.17) is 16.6 Å². The zero-order valence-corrected chi connectivity index (χ0v) is 35.1. The van der Waals surface area contributed by atoms with Gasteiger partial charge in [0.2, 0.25) is 15.9 Å². The van der Waals surface area contributed by atoms with Gasteiger partial charge in [-0.1, -0.05) is 23.7 Å². The van der Waals surface area contributed by atoms with E-state index in [1.54, 1.807) is 26.1 Å². The van der Waals surface area contributed by atoms with Crippen molar-refractivity contribution in [3.63, 3.8) is 0 Å². The molecular weight excluding hydrogens is 869 g/mol. The van der Waals surface area contributed by atoms with Crippen molar-refractivity contribution in [2.45, 2.75) is 81.7 Å². The molecule has 20 heteroatoms. The Bertz CT molecular complexity index is 3130. The van der Waals surface area contributed by atoms with Crippen LogP contribution in [-0.2, 0) is 33.3 Å². The maximum atomic E-state index is 15.1. The fraction of sp³-hybridized carbons (Fsp3) is 0.302. The van der Waals surface area contributed by atoms with Crippen molar-refractivity contribution in [2.24, 2.45) is 0 Å². The van der Waals surface area contributed by atoms with Crippen molar-refractivity contribution in [1.29, 1.82) is 0 Å². The number of hydrogen-bond acceptors (Lipinski definition) is 8. The van der Waals surface area contributed by atoms with Gasteiger partial charge >= 0.3 is 0 Å². The summed E-state index contributed by atoms with van der Waals surface area (Å²) < 4.78 is 106. The quantitative estimate of drug-likeness (QED) is 0.104. The minimum absolute atomic E-state index is 0.0282. The lowest BCUT2D eigenvalue weighted by Crippen LogP contribution is -2.47. The van der Waals surface area contributed by atoms with Gasteiger partial charge in [-0.25, -0.2) is 40.3 Å². The van der Waals surface area contributed by atoms with Crippen molar-refractivity contribution < 1.29 is 35.2 Å². The molecule has 0 aliphatic heterocycles. The largest absolute Gasteiger partial charge is 0.344 e. The average molecular weight is 906 g/mol. The molecule has 2 aliphatic carbocycles. The molecule has 1 atom stereocenters. The Morgan fingerprint density at radius 3 is 2.35 bits per heavy atom. The molecule has 4 heterocycles. The Kier molecular flexibility index (Phi) is 10.6. The van der Waals surface area contributed by atoms with Crippen LogP contribution in [0.2, 0.25) is 5.02 Å². The van der Waals surface area contributed by atoms with Crippen LogP contribution >= 0.6 is 11.6 Å². The van der Waals surface area contributed by atoms with Crippen LogP contribution in [0.1, 0.15) is 68.6 Å². The van der Waals surface area contributed by atoms with E-state index < -0.39 is 75.2 Å². The fourth-order valence-electron chi connectivity index (χ4n) is 7.60. The summed E-state index contributed by atoms with van der Waals surface area (Å²) in [6.45, 7) is 2.13. The third kappa shape index (κ3) is 8.14. The maximum Gasteiger partial charge on any atom is 0.267 e. The zero-order chi connectivity index (χ0) is 44.5. The van der Waals surface area contributed by atoms with Gasteiger partial charge in [-0.05, 0) is 99.7 Å². The molecule has 0 spiro atoms. The minimum Gasteiger partial charge on any atom is -0.344 e. The van der Waals surface area contributed by atoms with E-state index >= 15 is 9.18 Å². The number of carbonyl (C=O) groups is 1. The number of amides is 1. The van der Waals surface area contributed by atoms with E-state index in [0.29, 0.717) is 18.9 Å². The molecule has 0 bridgehead atoms. The molecule has 1 amide bonds. The Morgan fingerprint density at radius 1 is 0.937 bits per heavy atom. The molecule has 4 aromatic heterocycles. The number of nitrogens with one attached hydrogen (secondary N) is 2. The van der Waals surface area contributed by atoms with E-state index in [-0.39, 0.29) is 67.0 Å². The predicted octanol–water partition coefficient (Wildman–Crippen LogP) is 7.95. The molecule has 326 valence electrons. The molecule has 0 unspecified atom stereocenters. The number of hydrogen-bond donors (Lipinski definition) is 2. The first-order chi connectivity index (χ1) is 30.0. The van der Waals surface area contributed by atoms with Crippen molar-refractivity contribution in [3.05, 3.63) is 129 Å². The van der Waals surface area contributed by atoms with Crippen molar-refractivity contribution in [1.82, 2.24) is 39.4 Å². The summed E-state index contributed by atoms with van der Waals surface area (Å²) in [5, 5.41) is 10.7. The topological polar surface area (TPSA) is 159 Å². The van der Waals surface area contributed by atoms with Gasteiger partial charge in [0.05, 0.1) is 49.7 Å². The van der Waals surface area contributed by atoms with Gasteiger partial charge in [0, 0.05) is 30.2 Å². The molecule has 13 nitrogen and oxygen atoms in total.